The standard InChI is InChI=1S/C14H12BrN3O/c1-18-12(6-7-16-18)14(19)13-10(15)8-9-4-2-3-5-11(9)17-13/h2-8,14,19H,1H3. The third-order valence-electron chi connectivity index (χ3n) is 3.10. The van der Waals surface area contributed by atoms with E-state index in [1.54, 1.807) is 24.0 Å². The molecule has 0 saturated heterocycles. The monoisotopic (exact) mass is 317 g/mol. The van der Waals surface area contributed by atoms with Crippen LogP contribution in [0.1, 0.15) is 17.5 Å². The third-order valence-corrected chi connectivity index (χ3v) is 3.74. The number of aryl methyl sites for hydroxylation is 1. The van der Waals surface area contributed by atoms with Crippen LogP contribution in [0.3, 0.4) is 0 Å². The van der Waals surface area contributed by atoms with Gasteiger partial charge in [-0.2, -0.15) is 5.10 Å². The van der Waals surface area contributed by atoms with Crippen LogP contribution in [0.5, 0.6) is 0 Å². The summed E-state index contributed by atoms with van der Waals surface area (Å²) in [5.74, 6) is 0. The number of aromatic nitrogens is 3. The molecule has 0 fully saturated rings. The van der Waals surface area contributed by atoms with Crippen LogP contribution in [0, 0.1) is 0 Å². The first kappa shape index (κ1) is 12.3. The lowest BCUT2D eigenvalue weighted by atomic mass is 10.1. The van der Waals surface area contributed by atoms with E-state index < -0.39 is 6.10 Å². The Morgan fingerprint density at radius 1 is 1.26 bits per heavy atom. The van der Waals surface area contributed by atoms with Gasteiger partial charge in [0.2, 0.25) is 0 Å². The summed E-state index contributed by atoms with van der Waals surface area (Å²) in [6.45, 7) is 0. The third kappa shape index (κ3) is 2.15. The van der Waals surface area contributed by atoms with Gasteiger partial charge in [0.15, 0.2) is 0 Å². The first-order valence-electron chi connectivity index (χ1n) is 5.88. The summed E-state index contributed by atoms with van der Waals surface area (Å²) >= 11 is 3.48. The molecular formula is C14H12BrN3O. The second-order valence-corrected chi connectivity index (χ2v) is 5.18. The first-order chi connectivity index (χ1) is 9.16. The van der Waals surface area contributed by atoms with E-state index in [-0.39, 0.29) is 0 Å². The lowest BCUT2D eigenvalue weighted by Crippen LogP contribution is -2.09. The van der Waals surface area contributed by atoms with Crippen molar-refractivity contribution >= 4 is 26.8 Å². The Bertz CT molecular complexity index is 738. The van der Waals surface area contributed by atoms with Crippen molar-refractivity contribution in [3.8, 4) is 0 Å². The summed E-state index contributed by atoms with van der Waals surface area (Å²) in [7, 11) is 1.80. The van der Waals surface area contributed by atoms with Crippen molar-refractivity contribution in [2.45, 2.75) is 6.10 Å². The van der Waals surface area contributed by atoms with Crippen LogP contribution in [-0.2, 0) is 7.05 Å². The Morgan fingerprint density at radius 2 is 2.05 bits per heavy atom. The zero-order valence-corrected chi connectivity index (χ0v) is 11.9. The van der Waals surface area contributed by atoms with Gasteiger partial charge in [-0.15, -0.1) is 0 Å². The van der Waals surface area contributed by atoms with Gasteiger partial charge in [0.25, 0.3) is 0 Å². The fourth-order valence-electron chi connectivity index (χ4n) is 2.09. The molecule has 1 N–H and O–H groups in total. The number of benzene rings is 1. The first-order valence-corrected chi connectivity index (χ1v) is 6.67. The van der Waals surface area contributed by atoms with Gasteiger partial charge in [-0.25, -0.2) is 4.98 Å². The lowest BCUT2D eigenvalue weighted by Gasteiger charge is -2.13. The quantitative estimate of drug-likeness (QED) is 0.790. The van der Waals surface area contributed by atoms with Crippen molar-refractivity contribution in [1.82, 2.24) is 14.8 Å². The average Bonchev–Trinajstić information content (AvgIpc) is 2.83. The Kier molecular flexibility index (Phi) is 3.08. The van der Waals surface area contributed by atoms with Crippen LogP contribution in [0.25, 0.3) is 10.9 Å². The predicted octanol–water partition coefficient (Wildman–Crippen LogP) is 2.81. The summed E-state index contributed by atoms with van der Waals surface area (Å²) in [6.07, 6.45) is 0.861. The molecule has 1 unspecified atom stereocenters. The fraction of sp³-hybridized carbons (Fsp3) is 0.143. The number of aliphatic hydroxyl groups is 1. The number of pyridine rings is 1. The Morgan fingerprint density at radius 3 is 2.79 bits per heavy atom. The van der Waals surface area contributed by atoms with Crippen molar-refractivity contribution in [2.75, 3.05) is 0 Å². The molecule has 0 aliphatic rings. The van der Waals surface area contributed by atoms with E-state index in [0.717, 1.165) is 15.4 Å². The Balaban J connectivity index is 2.14. The van der Waals surface area contributed by atoms with Crippen LogP contribution < -0.4 is 0 Å². The molecule has 1 aromatic carbocycles. The number of aliphatic hydroxyl groups excluding tert-OH is 1. The van der Waals surface area contributed by atoms with Crippen LogP contribution in [0.4, 0.5) is 0 Å². The Hall–Kier alpha value is -1.72. The molecule has 0 spiro atoms. The van der Waals surface area contributed by atoms with Crippen molar-refractivity contribution in [3.63, 3.8) is 0 Å². The van der Waals surface area contributed by atoms with Crippen LogP contribution in [0.15, 0.2) is 47.1 Å². The zero-order chi connectivity index (χ0) is 13.4. The summed E-state index contributed by atoms with van der Waals surface area (Å²) in [5.41, 5.74) is 2.17. The van der Waals surface area contributed by atoms with E-state index >= 15 is 0 Å². The highest BCUT2D eigenvalue weighted by Gasteiger charge is 2.19. The summed E-state index contributed by atoms with van der Waals surface area (Å²) in [5, 5.41) is 15.6. The number of rotatable bonds is 2. The molecule has 19 heavy (non-hydrogen) atoms. The highest BCUT2D eigenvalue weighted by atomic mass is 79.9. The number of halogens is 1. The number of hydrogen-bond acceptors (Lipinski definition) is 3. The maximum atomic E-state index is 10.4. The largest absolute Gasteiger partial charge is 0.380 e. The minimum absolute atomic E-state index is 0.599. The molecule has 1 atom stereocenters. The summed E-state index contributed by atoms with van der Waals surface area (Å²) < 4.78 is 2.44. The molecule has 0 saturated carbocycles. The van der Waals surface area contributed by atoms with Crippen LogP contribution in [0.2, 0.25) is 0 Å². The molecular weight excluding hydrogens is 306 g/mol. The van der Waals surface area contributed by atoms with Crippen molar-refractivity contribution in [1.29, 1.82) is 0 Å². The molecule has 4 nitrogen and oxygen atoms in total. The highest BCUT2D eigenvalue weighted by Crippen LogP contribution is 2.29. The molecule has 2 heterocycles. The Labute approximate surface area is 118 Å². The second-order valence-electron chi connectivity index (χ2n) is 4.33. The summed E-state index contributed by atoms with van der Waals surface area (Å²) in [6, 6.07) is 11.6. The van der Waals surface area contributed by atoms with E-state index in [1.165, 1.54) is 0 Å². The van der Waals surface area contributed by atoms with Crippen molar-refractivity contribution < 1.29 is 5.11 Å². The highest BCUT2D eigenvalue weighted by molar-refractivity contribution is 9.10. The minimum Gasteiger partial charge on any atom is -0.380 e. The molecule has 3 rings (SSSR count). The minimum atomic E-state index is -0.800. The van der Waals surface area contributed by atoms with Gasteiger partial charge in [-0.05, 0) is 34.1 Å². The fourth-order valence-corrected chi connectivity index (χ4v) is 2.64. The van der Waals surface area contributed by atoms with Crippen LogP contribution in [-0.4, -0.2) is 19.9 Å². The normalized spacial score (nSPS) is 12.8. The van der Waals surface area contributed by atoms with E-state index in [9.17, 15) is 5.11 Å². The van der Waals surface area contributed by atoms with Gasteiger partial charge in [-0.3, -0.25) is 4.68 Å². The van der Waals surface area contributed by atoms with Crippen molar-refractivity contribution in [2.24, 2.45) is 7.05 Å². The predicted molar refractivity (Wildman–Crippen MR) is 76.7 cm³/mol. The van der Waals surface area contributed by atoms with Crippen LogP contribution >= 0.6 is 15.9 Å². The molecule has 0 aliphatic heterocycles. The molecule has 0 radical (unpaired) electrons. The molecule has 0 aliphatic carbocycles. The molecule has 3 aromatic rings. The van der Waals surface area contributed by atoms with Gasteiger partial charge in [-0.1, -0.05) is 18.2 Å². The van der Waals surface area contributed by atoms with E-state index in [1.807, 2.05) is 30.3 Å². The average molecular weight is 318 g/mol. The lowest BCUT2D eigenvalue weighted by molar-refractivity contribution is 0.204. The van der Waals surface area contributed by atoms with Gasteiger partial charge in [0.05, 0.1) is 16.9 Å². The smallest absolute Gasteiger partial charge is 0.139 e. The number of nitrogens with zero attached hydrogens (tertiary/aromatic N) is 3. The van der Waals surface area contributed by atoms with Gasteiger partial charge >= 0.3 is 0 Å². The maximum absolute atomic E-state index is 10.4. The number of hydrogen-bond donors (Lipinski definition) is 1. The number of para-hydroxylation sites is 1. The topological polar surface area (TPSA) is 50.9 Å². The van der Waals surface area contributed by atoms with Gasteiger partial charge < -0.3 is 5.11 Å². The van der Waals surface area contributed by atoms with Crippen molar-refractivity contribution in [3.05, 3.63) is 58.5 Å². The van der Waals surface area contributed by atoms with Gasteiger partial charge in [0, 0.05) is 23.1 Å². The maximum Gasteiger partial charge on any atom is 0.139 e. The van der Waals surface area contributed by atoms with Gasteiger partial charge in [0.1, 0.15) is 6.10 Å². The molecule has 96 valence electrons. The molecule has 0 amide bonds. The van der Waals surface area contributed by atoms with E-state index in [2.05, 4.69) is 26.0 Å². The summed E-state index contributed by atoms with van der Waals surface area (Å²) in [4.78, 5) is 4.53. The molecule has 0 bridgehead atoms. The number of fused-ring (bicyclic) bond motifs is 1. The molecule has 5 heteroatoms. The SMILES string of the molecule is Cn1nccc1C(O)c1nc2ccccc2cc1Br. The molecule has 2 aromatic heterocycles. The zero-order valence-electron chi connectivity index (χ0n) is 10.3. The van der Waals surface area contributed by atoms with E-state index in [4.69, 9.17) is 0 Å². The second kappa shape index (κ2) is 4.75. The van der Waals surface area contributed by atoms with E-state index in [0.29, 0.717) is 11.4 Å².